The summed E-state index contributed by atoms with van der Waals surface area (Å²) in [5, 5.41) is 11.4. The largest absolute Gasteiger partial charge is 0.465 e. The Morgan fingerprint density at radius 1 is 1.21 bits per heavy atom. The predicted molar refractivity (Wildman–Crippen MR) is 91.1 cm³/mol. The third-order valence-electron chi connectivity index (χ3n) is 3.82. The van der Waals surface area contributed by atoms with Crippen LogP contribution in [-0.4, -0.2) is 23.0 Å². The quantitative estimate of drug-likeness (QED) is 0.482. The normalized spacial score (nSPS) is 11.2. The van der Waals surface area contributed by atoms with E-state index in [0.29, 0.717) is 11.3 Å². The van der Waals surface area contributed by atoms with Crippen LogP contribution in [0.15, 0.2) is 30.3 Å². The van der Waals surface area contributed by atoms with Gasteiger partial charge in [-0.25, -0.2) is 9.78 Å². The van der Waals surface area contributed by atoms with Crippen molar-refractivity contribution in [1.82, 2.24) is 4.98 Å². The molecular formula is C18H20N2O4. The SMILES string of the molecule is COC(=O)c1cc([N+](=O)[O-])c(-c2ccc(C(C)(C)C)cc2)nc1C. The van der Waals surface area contributed by atoms with Gasteiger partial charge in [-0.3, -0.25) is 10.1 Å². The maximum Gasteiger partial charge on any atom is 0.339 e. The van der Waals surface area contributed by atoms with Crippen LogP contribution in [-0.2, 0) is 10.2 Å². The second kappa shape index (κ2) is 6.39. The molecule has 1 aromatic carbocycles. The first-order chi connectivity index (χ1) is 11.1. The molecule has 0 saturated heterocycles. The lowest BCUT2D eigenvalue weighted by atomic mass is 9.86. The van der Waals surface area contributed by atoms with Crippen molar-refractivity contribution in [3.8, 4) is 11.3 Å². The molecule has 6 heteroatoms. The van der Waals surface area contributed by atoms with Gasteiger partial charge in [0.15, 0.2) is 0 Å². The number of hydrogen-bond donors (Lipinski definition) is 0. The molecule has 0 radical (unpaired) electrons. The minimum atomic E-state index is -0.641. The van der Waals surface area contributed by atoms with Gasteiger partial charge in [-0.05, 0) is 17.9 Å². The molecule has 2 aromatic rings. The zero-order valence-electron chi connectivity index (χ0n) is 14.4. The molecule has 0 amide bonds. The van der Waals surface area contributed by atoms with Crippen LogP contribution in [0.4, 0.5) is 5.69 Å². The van der Waals surface area contributed by atoms with E-state index in [1.807, 2.05) is 24.3 Å². The molecule has 0 aliphatic carbocycles. The molecule has 2 rings (SSSR count). The van der Waals surface area contributed by atoms with Crippen molar-refractivity contribution in [2.24, 2.45) is 0 Å². The Bertz CT molecular complexity index is 790. The van der Waals surface area contributed by atoms with Crippen LogP contribution in [0, 0.1) is 17.0 Å². The number of hydrogen-bond acceptors (Lipinski definition) is 5. The van der Waals surface area contributed by atoms with Crippen molar-refractivity contribution in [3.05, 3.63) is 57.3 Å². The monoisotopic (exact) mass is 328 g/mol. The number of methoxy groups -OCH3 is 1. The van der Waals surface area contributed by atoms with Gasteiger partial charge in [0.1, 0.15) is 5.69 Å². The summed E-state index contributed by atoms with van der Waals surface area (Å²) >= 11 is 0. The summed E-state index contributed by atoms with van der Waals surface area (Å²) in [6.45, 7) is 7.91. The Morgan fingerprint density at radius 3 is 2.25 bits per heavy atom. The molecule has 0 saturated carbocycles. The van der Waals surface area contributed by atoms with E-state index in [0.717, 1.165) is 5.56 Å². The van der Waals surface area contributed by atoms with Crippen LogP contribution < -0.4 is 0 Å². The molecule has 0 atom stereocenters. The number of aromatic nitrogens is 1. The van der Waals surface area contributed by atoms with Crippen LogP contribution in [0.3, 0.4) is 0 Å². The van der Waals surface area contributed by atoms with Crippen molar-refractivity contribution >= 4 is 11.7 Å². The molecule has 0 aliphatic rings. The topological polar surface area (TPSA) is 82.3 Å². The maximum absolute atomic E-state index is 11.7. The van der Waals surface area contributed by atoms with Crippen molar-refractivity contribution in [2.45, 2.75) is 33.1 Å². The summed E-state index contributed by atoms with van der Waals surface area (Å²) in [6.07, 6.45) is 0. The fourth-order valence-electron chi connectivity index (χ4n) is 2.39. The Morgan fingerprint density at radius 2 is 1.79 bits per heavy atom. The Hall–Kier alpha value is -2.76. The average molecular weight is 328 g/mol. The van der Waals surface area contributed by atoms with Gasteiger partial charge in [0.25, 0.3) is 5.69 Å². The van der Waals surface area contributed by atoms with Crippen LogP contribution >= 0.6 is 0 Å². The summed E-state index contributed by atoms with van der Waals surface area (Å²) in [5.41, 5.74) is 2.26. The van der Waals surface area contributed by atoms with Crippen molar-refractivity contribution in [2.75, 3.05) is 7.11 Å². The van der Waals surface area contributed by atoms with E-state index in [1.165, 1.54) is 13.2 Å². The van der Waals surface area contributed by atoms with E-state index < -0.39 is 10.9 Å². The first-order valence-electron chi connectivity index (χ1n) is 7.50. The van der Waals surface area contributed by atoms with Gasteiger partial charge < -0.3 is 4.74 Å². The fraction of sp³-hybridized carbons (Fsp3) is 0.333. The number of aryl methyl sites for hydroxylation is 1. The lowest BCUT2D eigenvalue weighted by molar-refractivity contribution is -0.384. The zero-order valence-corrected chi connectivity index (χ0v) is 14.4. The van der Waals surface area contributed by atoms with Gasteiger partial charge >= 0.3 is 5.97 Å². The number of ether oxygens (including phenoxy) is 1. The molecule has 0 fully saturated rings. The molecule has 6 nitrogen and oxygen atoms in total. The Labute approximate surface area is 140 Å². The number of rotatable bonds is 3. The highest BCUT2D eigenvalue weighted by Gasteiger charge is 2.23. The molecule has 0 N–H and O–H groups in total. The van der Waals surface area contributed by atoms with Gasteiger partial charge in [-0.15, -0.1) is 0 Å². The lowest BCUT2D eigenvalue weighted by Gasteiger charge is -2.19. The van der Waals surface area contributed by atoms with E-state index in [-0.39, 0.29) is 22.4 Å². The van der Waals surface area contributed by atoms with Gasteiger partial charge in [-0.1, -0.05) is 45.0 Å². The molecule has 0 unspecified atom stereocenters. The Balaban J connectivity index is 2.59. The Kier molecular flexibility index (Phi) is 4.68. The number of esters is 1. The van der Waals surface area contributed by atoms with Crippen LogP contribution in [0.5, 0.6) is 0 Å². The predicted octanol–water partition coefficient (Wildman–Crippen LogP) is 4.05. The zero-order chi connectivity index (χ0) is 18.1. The lowest BCUT2D eigenvalue weighted by Crippen LogP contribution is -2.11. The fourth-order valence-corrected chi connectivity index (χ4v) is 2.39. The van der Waals surface area contributed by atoms with Gasteiger partial charge in [0.2, 0.25) is 0 Å². The highest BCUT2D eigenvalue weighted by atomic mass is 16.6. The standard InChI is InChI=1S/C18H20N2O4/c1-11-14(17(21)24-5)10-15(20(22)23)16(19-11)12-6-8-13(9-7-12)18(2,3)4/h6-10H,1-5H3. The number of benzene rings is 1. The minimum Gasteiger partial charge on any atom is -0.465 e. The summed E-state index contributed by atoms with van der Waals surface area (Å²) in [4.78, 5) is 26.9. The van der Waals surface area contributed by atoms with Gasteiger partial charge in [0.05, 0.1) is 23.3 Å². The second-order valence-electron chi connectivity index (χ2n) is 6.57. The number of carbonyl (C=O) groups excluding carboxylic acids is 1. The molecule has 1 aromatic heterocycles. The number of pyridine rings is 1. The third-order valence-corrected chi connectivity index (χ3v) is 3.82. The first kappa shape index (κ1) is 17.6. The van der Waals surface area contributed by atoms with E-state index in [2.05, 4.69) is 30.5 Å². The third kappa shape index (κ3) is 3.42. The first-order valence-corrected chi connectivity index (χ1v) is 7.50. The van der Waals surface area contributed by atoms with E-state index in [1.54, 1.807) is 6.92 Å². The van der Waals surface area contributed by atoms with Crippen molar-refractivity contribution < 1.29 is 14.5 Å². The molecule has 1 heterocycles. The van der Waals surface area contributed by atoms with Crippen molar-refractivity contribution in [1.29, 1.82) is 0 Å². The summed E-state index contributed by atoms with van der Waals surface area (Å²) < 4.78 is 4.65. The second-order valence-corrected chi connectivity index (χ2v) is 6.57. The van der Waals surface area contributed by atoms with E-state index >= 15 is 0 Å². The van der Waals surface area contributed by atoms with Crippen LogP contribution in [0.1, 0.15) is 42.4 Å². The minimum absolute atomic E-state index is 0.0114. The molecule has 0 spiro atoms. The molecular weight excluding hydrogens is 308 g/mol. The van der Waals surface area contributed by atoms with E-state index in [9.17, 15) is 14.9 Å². The molecule has 24 heavy (non-hydrogen) atoms. The summed E-state index contributed by atoms with van der Waals surface area (Å²) in [6, 6.07) is 8.72. The van der Waals surface area contributed by atoms with Gasteiger partial charge in [-0.2, -0.15) is 0 Å². The number of nitro groups is 1. The van der Waals surface area contributed by atoms with Crippen molar-refractivity contribution in [3.63, 3.8) is 0 Å². The molecule has 0 aliphatic heterocycles. The maximum atomic E-state index is 11.7. The number of nitrogens with zero attached hydrogens (tertiary/aromatic N) is 2. The summed E-state index contributed by atoms with van der Waals surface area (Å²) in [5.74, 6) is -0.641. The highest BCUT2D eigenvalue weighted by molar-refractivity contribution is 5.92. The average Bonchev–Trinajstić information content (AvgIpc) is 2.53. The van der Waals surface area contributed by atoms with Crippen LogP contribution in [0.2, 0.25) is 0 Å². The highest BCUT2D eigenvalue weighted by Crippen LogP contribution is 2.32. The summed E-state index contributed by atoms with van der Waals surface area (Å²) in [7, 11) is 1.23. The smallest absolute Gasteiger partial charge is 0.339 e. The van der Waals surface area contributed by atoms with E-state index in [4.69, 9.17) is 0 Å². The molecule has 0 bridgehead atoms. The van der Waals surface area contributed by atoms with Crippen LogP contribution in [0.25, 0.3) is 11.3 Å². The van der Waals surface area contributed by atoms with Gasteiger partial charge in [0, 0.05) is 11.6 Å². The number of carbonyl (C=O) groups is 1. The molecule has 126 valence electrons.